The second-order valence-electron chi connectivity index (χ2n) is 3.49. The number of allylic oxidation sites excluding steroid dienone is 1. The lowest BCUT2D eigenvalue weighted by Gasteiger charge is -2.17. The average Bonchev–Trinajstić information content (AvgIpc) is 2.19. The van der Waals surface area contributed by atoms with Crippen LogP contribution in [0.25, 0.3) is 0 Å². The van der Waals surface area contributed by atoms with Crippen LogP contribution in [0.1, 0.15) is 12.5 Å². The van der Waals surface area contributed by atoms with E-state index < -0.39 is 5.41 Å². The number of hydrogen-bond donors (Lipinski definition) is 0. The second-order valence-corrected chi connectivity index (χ2v) is 3.49. The Kier molecular flexibility index (Phi) is 3.02. The van der Waals surface area contributed by atoms with E-state index in [1.165, 1.54) is 0 Å². The molecule has 0 heterocycles. The predicted octanol–water partition coefficient (Wildman–Crippen LogP) is 2.62. The molecule has 0 fully saturated rings. The van der Waals surface area contributed by atoms with Crippen molar-refractivity contribution in [3.05, 3.63) is 48.6 Å². The first-order valence-electron chi connectivity index (χ1n) is 4.34. The van der Waals surface area contributed by atoms with Gasteiger partial charge in [0.2, 0.25) is 0 Å². The van der Waals surface area contributed by atoms with E-state index in [0.717, 1.165) is 18.3 Å². The van der Waals surface area contributed by atoms with Crippen LogP contribution in [0.15, 0.2) is 43.0 Å². The van der Waals surface area contributed by atoms with Crippen LogP contribution in [0.3, 0.4) is 0 Å². The molecule has 0 N–H and O–H groups in total. The number of hydrogen-bond acceptors (Lipinski definition) is 1. The monoisotopic (exact) mass is 174 g/mol. The molecular weight excluding hydrogens is 160 g/mol. The molecule has 1 heteroatoms. The topological polar surface area (TPSA) is 17.1 Å². The Hall–Kier alpha value is -1.37. The zero-order valence-electron chi connectivity index (χ0n) is 7.86. The summed E-state index contributed by atoms with van der Waals surface area (Å²) in [4.78, 5) is 10.8. The molecule has 1 nitrogen and oxygen atoms in total. The third kappa shape index (κ3) is 2.55. The standard InChI is InChI=1S/C12H14O/c1-3-12(2,10-13)9-11-7-5-4-6-8-11/h3-8,10H,1,9H2,2H3/t12-/m1/s1. The van der Waals surface area contributed by atoms with Crippen molar-refractivity contribution in [2.24, 2.45) is 5.41 Å². The van der Waals surface area contributed by atoms with E-state index in [1.54, 1.807) is 6.08 Å². The van der Waals surface area contributed by atoms with Gasteiger partial charge in [-0.3, -0.25) is 0 Å². The van der Waals surface area contributed by atoms with E-state index in [2.05, 4.69) is 6.58 Å². The van der Waals surface area contributed by atoms with Crippen LogP contribution in [0.2, 0.25) is 0 Å². The van der Waals surface area contributed by atoms with Gasteiger partial charge in [-0.2, -0.15) is 0 Å². The minimum atomic E-state index is -0.429. The van der Waals surface area contributed by atoms with Crippen molar-refractivity contribution in [2.45, 2.75) is 13.3 Å². The van der Waals surface area contributed by atoms with Gasteiger partial charge in [-0.05, 0) is 18.9 Å². The molecule has 1 rings (SSSR count). The van der Waals surface area contributed by atoms with E-state index in [1.807, 2.05) is 37.3 Å². The summed E-state index contributed by atoms with van der Waals surface area (Å²) < 4.78 is 0. The second kappa shape index (κ2) is 4.04. The lowest BCUT2D eigenvalue weighted by molar-refractivity contribution is -0.113. The summed E-state index contributed by atoms with van der Waals surface area (Å²) in [5, 5.41) is 0. The zero-order valence-corrected chi connectivity index (χ0v) is 7.86. The SMILES string of the molecule is C=C[C@@](C)(C=O)Cc1ccccc1. The van der Waals surface area contributed by atoms with E-state index in [4.69, 9.17) is 0 Å². The molecule has 0 aliphatic carbocycles. The fourth-order valence-corrected chi connectivity index (χ4v) is 1.20. The Morgan fingerprint density at radius 3 is 2.46 bits per heavy atom. The third-order valence-corrected chi connectivity index (χ3v) is 2.16. The van der Waals surface area contributed by atoms with Crippen molar-refractivity contribution in [1.82, 2.24) is 0 Å². The fraction of sp³-hybridized carbons (Fsp3) is 0.250. The summed E-state index contributed by atoms with van der Waals surface area (Å²) in [6.07, 6.45) is 3.38. The molecule has 0 saturated heterocycles. The number of carbonyl (C=O) groups is 1. The molecule has 0 aromatic heterocycles. The van der Waals surface area contributed by atoms with Crippen LogP contribution < -0.4 is 0 Å². The summed E-state index contributed by atoms with van der Waals surface area (Å²) in [6.45, 7) is 5.56. The van der Waals surface area contributed by atoms with Gasteiger partial charge in [-0.15, -0.1) is 6.58 Å². The van der Waals surface area contributed by atoms with Gasteiger partial charge >= 0.3 is 0 Å². The Labute approximate surface area is 79.1 Å². The molecule has 0 spiro atoms. The average molecular weight is 174 g/mol. The first kappa shape index (κ1) is 9.72. The number of benzene rings is 1. The van der Waals surface area contributed by atoms with E-state index >= 15 is 0 Å². The van der Waals surface area contributed by atoms with E-state index in [0.29, 0.717) is 0 Å². The van der Waals surface area contributed by atoms with Crippen molar-refractivity contribution >= 4 is 6.29 Å². The highest BCUT2D eigenvalue weighted by molar-refractivity contribution is 5.62. The van der Waals surface area contributed by atoms with Gasteiger partial charge in [0.05, 0.1) is 0 Å². The van der Waals surface area contributed by atoms with Crippen molar-refractivity contribution in [3.63, 3.8) is 0 Å². The van der Waals surface area contributed by atoms with Crippen molar-refractivity contribution in [1.29, 1.82) is 0 Å². The normalized spacial score (nSPS) is 14.5. The van der Waals surface area contributed by atoms with Gasteiger partial charge in [-0.1, -0.05) is 36.4 Å². The molecule has 1 aromatic carbocycles. The quantitative estimate of drug-likeness (QED) is 0.506. The molecule has 1 aromatic rings. The molecule has 0 bridgehead atoms. The molecule has 0 amide bonds. The Morgan fingerprint density at radius 1 is 1.38 bits per heavy atom. The lowest BCUT2D eigenvalue weighted by atomic mass is 9.85. The van der Waals surface area contributed by atoms with Crippen molar-refractivity contribution in [3.8, 4) is 0 Å². The van der Waals surface area contributed by atoms with Gasteiger partial charge < -0.3 is 4.79 Å². The summed E-state index contributed by atoms with van der Waals surface area (Å²) in [5.74, 6) is 0. The van der Waals surface area contributed by atoms with Gasteiger partial charge in [0.1, 0.15) is 6.29 Å². The van der Waals surface area contributed by atoms with E-state index in [-0.39, 0.29) is 0 Å². The molecule has 68 valence electrons. The third-order valence-electron chi connectivity index (χ3n) is 2.16. The van der Waals surface area contributed by atoms with Crippen LogP contribution in [-0.2, 0) is 11.2 Å². The van der Waals surface area contributed by atoms with Gasteiger partial charge in [0.15, 0.2) is 0 Å². The largest absolute Gasteiger partial charge is 0.302 e. The van der Waals surface area contributed by atoms with Crippen molar-refractivity contribution in [2.75, 3.05) is 0 Å². The molecule has 13 heavy (non-hydrogen) atoms. The van der Waals surface area contributed by atoms with Crippen LogP contribution in [-0.4, -0.2) is 6.29 Å². The molecule has 1 atom stereocenters. The number of carbonyl (C=O) groups excluding carboxylic acids is 1. The Bertz CT molecular complexity index is 279. The minimum absolute atomic E-state index is 0.429. The first-order valence-corrected chi connectivity index (χ1v) is 4.34. The number of rotatable bonds is 4. The smallest absolute Gasteiger partial charge is 0.129 e. The molecule has 0 aliphatic heterocycles. The first-order chi connectivity index (χ1) is 6.20. The van der Waals surface area contributed by atoms with Gasteiger partial charge in [0.25, 0.3) is 0 Å². The molecule has 0 unspecified atom stereocenters. The van der Waals surface area contributed by atoms with Crippen molar-refractivity contribution < 1.29 is 4.79 Å². The zero-order chi connectivity index (χ0) is 9.73. The molecule has 0 radical (unpaired) electrons. The van der Waals surface area contributed by atoms with Gasteiger partial charge in [-0.25, -0.2) is 0 Å². The Balaban J connectivity index is 2.79. The molecular formula is C12H14O. The Morgan fingerprint density at radius 2 is 2.00 bits per heavy atom. The van der Waals surface area contributed by atoms with Crippen LogP contribution in [0.5, 0.6) is 0 Å². The summed E-state index contributed by atoms with van der Waals surface area (Å²) >= 11 is 0. The van der Waals surface area contributed by atoms with Gasteiger partial charge in [0, 0.05) is 5.41 Å². The maximum Gasteiger partial charge on any atom is 0.129 e. The van der Waals surface area contributed by atoms with E-state index in [9.17, 15) is 4.79 Å². The highest BCUT2D eigenvalue weighted by atomic mass is 16.1. The summed E-state index contributed by atoms with van der Waals surface area (Å²) in [6, 6.07) is 9.96. The lowest BCUT2D eigenvalue weighted by Crippen LogP contribution is -2.17. The maximum absolute atomic E-state index is 10.8. The molecule has 0 aliphatic rings. The summed E-state index contributed by atoms with van der Waals surface area (Å²) in [7, 11) is 0. The summed E-state index contributed by atoms with van der Waals surface area (Å²) in [5.41, 5.74) is 0.735. The highest BCUT2D eigenvalue weighted by Gasteiger charge is 2.19. The molecule has 0 saturated carbocycles. The maximum atomic E-state index is 10.8. The van der Waals surface area contributed by atoms with Crippen LogP contribution >= 0.6 is 0 Å². The predicted molar refractivity (Wildman–Crippen MR) is 54.5 cm³/mol. The minimum Gasteiger partial charge on any atom is -0.302 e. The van der Waals surface area contributed by atoms with Crippen LogP contribution in [0.4, 0.5) is 0 Å². The number of aldehydes is 1. The van der Waals surface area contributed by atoms with Crippen LogP contribution in [0, 0.1) is 5.41 Å². The highest BCUT2D eigenvalue weighted by Crippen LogP contribution is 2.20. The fourth-order valence-electron chi connectivity index (χ4n) is 1.20.